The van der Waals surface area contributed by atoms with Crippen LogP contribution in [0.25, 0.3) is 0 Å². The maximum Gasteiger partial charge on any atom is 0.194 e. The lowest BCUT2D eigenvalue weighted by Crippen LogP contribution is -2.06. The van der Waals surface area contributed by atoms with Crippen LogP contribution in [0.3, 0.4) is 0 Å². The molecule has 17 heavy (non-hydrogen) atoms. The quantitative estimate of drug-likeness (QED) is 0.541. The van der Waals surface area contributed by atoms with Gasteiger partial charge in [-0.15, -0.1) is 0 Å². The van der Waals surface area contributed by atoms with Crippen LogP contribution in [-0.4, -0.2) is 0 Å². The van der Waals surface area contributed by atoms with Crippen LogP contribution in [0.2, 0.25) is 0 Å². The first kappa shape index (κ1) is 10.7. The number of benzene rings is 2. The summed E-state index contributed by atoms with van der Waals surface area (Å²) < 4.78 is 39.9. The first-order chi connectivity index (χ1) is 8.16. The summed E-state index contributed by atoms with van der Waals surface area (Å²) in [6.45, 7) is 0. The SMILES string of the molecule is Fc1cc2c(c(F)c1F)Cc1ccccc1S2. The molecule has 2 aromatic carbocycles. The van der Waals surface area contributed by atoms with Gasteiger partial charge in [0.2, 0.25) is 0 Å². The van der Waals surface area contributed by atoms with Crippen molar-refractivity contribution in [2.24, 2.45) is 0 Å². The van der Waals surface area contributed by atoms with Crippen molar-refractivity contribution >= 4 is 11.8 Å². The predicted octanol–water partition coefficient (Wildman–Crippen LogP) is 4.16. The highest BCUT2D eigenvalue weighted by Crippen LogP contribution is 2.41. The third-order valence-electron chi connectivity index (χ3n) is 2.78. The monoisotopic (exact) mass is 252 g/mol. The number of fused-ring (bicyclic) bond motifs is 2. The maximum atomic E-state index is 13.6. The van der Waals surface area contributed by atoms with E-state index in [2.05, 4.69) is 0 Å². The third kappa shape index (κ3) is 1.63. The molecule has 0 aliphatic carbocycles. The fourth-order valence-electron chi connectivity index (χ4n) is 1.93. The van der Waals surface area contributed by atoms with Gasteiger partial charge in [0.05, 0.1) is 0 Å². The van der Waals surface area contributed by atoms with Gasteiger partial charge in [-0.05, 0) is 17.7 Å². The molecule has 1 aliphatic rings. The Morgan fingerprint density at radius 3 is 2.53 bits per heavy atom. The first-order valence-corrected chi connectivity index (χ1v) is 5.90. The standard InChI is InChI=1S/C13H7F3S/c14-9-6-11-8(12(15)13(9)16)5-7-3-1-2-4-10(7)17-11/h1-4,6H,5H2. The molecule has 0 unspecified atom stereocenters. The molecule has 1 heterocycles. The van der Waals surface area contributed by atoms with E-state index in [1.54, 1.807) is 0 Å². The van der Waals surface area contributed by atoms with Gasteiger partial charge in [-0.1, -0.05) is 30.0 Å². The summed E-state index contributed by atoms with van der Waals surface area (Å²) >= 11 is 1.27. The van der Waals surface area contributed by atoms with Crippen LogP contribution in [0.5, 0.6) is 0 Å². The van der Waals surface area contributed by atoms with Crippen molar-refractivity contribution in [2.75, 3.05) is 0 Å². The van der Waals surface area contributed by atoms with Crippen LogP contribution in [0.4, 0.5) is 13.2 Å². The number of hydrogen-bond acceptors (Lipinski definition) is 1. The molecule has 0 spiro atoms. The van der Waals surface area contributed by atoms with Crippen molar-refractivity contribution in [1.82, 2.24) is 0 Å². The van der Waals surface area contributed by atoms with E-state index in [0.717, 1.165) is 16.5 Å². The lowest BCUT2D eigenvalue weighted by molar-refractivity contribution is 0.437. The zero-order valence-corrected chi connectivity index (χ0v) is 9.45. The predicted molar refractivity (Wildman–Crippen MR) is 59.7 cm³/mol. The number of rotatable bonds is 0. The van der Waals surface area contributed by atoms with Crippen molar-refractivity contribution in [3.63, 3.8) is 0 Å². The second kappa shape index (κ2) is 3.81. The van der Waals surface area contributed by atoms with Crippen molar-refractivity contribution < 1.29 is 13.2 Å². The van der Waals surface area contributed by atoms with E-state index >= 15 is 0 Å². The minimum atomic E-state index is -1.39. The Balaban J connectivity index is 2.18. The fraction of sp³-hybridized carbons (Fsp3) is 0.0769. The first-order valence-electron chi connectivity index (χ1n) is 5.09. The minimum Gasteiger partial charge on any atom is -0.204 e. The van der Waals surface area contributed by atoms with Crippen LogP contribution in [0, 0.1) is 17.5 Å². The van der Waals surface area contributed by atoms with Crippen molar-refractivity contribution in [2.45, 2.75) is 16.2 Å². The van der Waals surface area contributed by atoms with E-state index in [9.17, 15) is 13.2 Å². The Morgan fingerprint density at radius 1 is 0.941 bits per heavy atom. The van der Waals surface area contributed by atoms with E-state index in [1.165, 1.54) is 11.8 Å². The van der Waals surface area contributed by atoms with E-state index in [-0.39, 0.29) is 5.56 Å². The Bertz CT molecular complexity index is 608. The van der Waals surface area contributed by atoms with E-state index in [4.69, 9.17) is 0 Å². The molecule has 0 amide bonds. The zero-order chi connectivity index (χ0) is 12.0. The topological polar surface area (TPSA) is 0 Å². The Labute approximate surface area is 100 Å². The second-order valence-electron chi connectivity index (χ2n) is 3.85. The molecule has 1 aliphatic heterocycles. The second-order valence-corrected chi connectivity index (χ2v) is 4.93. The average molecular weight is 252 g/mol. The van der Waals surface area contributed by atoms with Gasteiger partial charge in [0.25, 0.3) is 0 Å². The largest absolute Gasteiger partial charge is 0.204 e. The lowest BCUT2D eigenvalue weighted by atomic mass is 10.0. The van der Waals surface area contributed by atoms with Crippen molar-refractivity contribution in [3.8, 4) is 0 Å². The number of halogens is 3. The van der Waals surface area contributed by atoms with Gasteiger partial charge in [-0.25, -0.2) is 13.2 Å². The zero-order valence-electron chi connectivity index (χ0n) is 8.64. The molecular weight excluding hydrogens is 245 g/mol. The van der Waals surface area contributed by atoms with Crippen LogP contribution in [0.1, 0.15) is 11.1 Å². The van der Waals surface area contributed by atoms with Crippen LogP contribution in [-0.2, 0) is 6.42 Å². The van der Waals surface area contributed by atoms with Crippen LogP contribution >= 0.6 is 11.8 Å². The maximum absolute atomic E-state index is 13.6. The van der Waals surface area contributed by atoms with Gasteiger partial charge in [0.1, 0.15) is 0 Å². The summed E-state index contributed by atoms with van der Waals surface area (Å²) in [6.07, 6.45) is 0.307. The summed E-state index contributed by atoms with van der Waals surface area (Å²) in [6, 6.07) is 8.54. The summed E-state index contributed by atoms with van der Waals surface area (Å²) in [5, 5.41) is 0. The van der Waals surface area contributed by atoms with Gasteiger partial charge in [-0.3, -0.25) is 0 Å². The highest BCUT2D eigenvalue weighted by Gasteiger charge is 2.23. The van der Waals surface area contributed by atoms with Crippen LogP contribution in [0.15, 0.2) is 40.1 Å². The summed E-state index contributed by atoms with van der Waals surface area (Å²) in [4.78, 5) is 1.42. The van der Waals surface area contributed by atoms with Gasteiger partial charge in [0.15, 0.2) is 17.5 Å². The molecule has 0 saturated carbocycles. The van der Waals surface area contributed by atoms with Gasteiger partial charge in [-0.2, -0.15) is 0 Å². The number of hydrogen-bond donors (Lipinski definition) is 0. The Hall–Kier alpha value is -1.42. The highest BCUT2D eigenvalue weighted by molar-refractivity contribution is 7.99. The molecule has 0 atom stereocenters. The molecule has 2 aromatic rings. The Morgan fingerprint density at radius 2 is 1.71 bits per heavy atom. The van der Waals surface area contributed by atoms with Gasteiger partial charge < -0.3 is 0 Å². The fourth-order valence-corrected chi connectivity index (χ4v) is 3.03. The molecule has 0 fully saturated rings. The molecule has 0 saturated heterocycles. The highest BCUT2D eigenvalue weighted by atomic mass is 32.2. The van der Waals surface area contributed by atoms with Gasteiger partial charge in [0, 0.05) is 21.8 Å². The third-order valence-corrected chi connectivity index (χ3v) is 3.98. The molecular formula is C13H7F3S. The normalized spacial score (nSPS) is 13.1. The summed E-state index contributed by atoms with van der Waals surface area (Å²) in [5.41, 5.74) is 1.18. The molecule has 3 rings (SSSR count). The molecule has 0 nitrogen and oxygen atoms in total. The van der Waals surface area contributed by atoms with Crippen LogP contribution < -0.4 is 0 Å². The van der Waals surface area contributed by atoms with E-state index < -0.39 is 17.5 Å². The Kier molecular flexibility index (Phi) is 2.40. The van der Waals surface area contributed by atoms with Crippen molar-refractivity contribution in [1.29, 1.82) is 0 Å². The molecule has 0 radical (unpaired) electrons. The molecule has 86 valence electrons. The molecule has 4 heteroatoms. The summed E-state index contributed by atoms with van der Waals surface area (Å²) in [7, 11) is 0. The van der Waals surface area contributed by atoms with E-state index in [0.29, 0.717) is 11.3 Å². The molecule has 0 bridgehead atoms. The molecule has 0 aromatic heterocycles. The van der Waals surface area contributed by atoms with Gasteiger partial charge >= 0.3 is 0 Å². The minimum absolute atomic E-state index is 0.243. The molecule has 0 N–H and O–H groups in total. The lowest BCUT2D eigenvalue weighted by Gasteiger charge is -2.19. The van der Waals surface area contributed by atoms with Crippen molar-refractivity contribution in [3.05, 3.63) is 58.9 Å². The summed E-state index contributed by atoms with van der Waals surface area (Å²) in [5.74, 6) is -3.58. The van der Waals surface area contributed by atoms with E-state index in [1.807, 2.05) is 24.3 Å². The smallest absolute Gasteiger partial charge is 0.194 e. The average Bonchev–Trinajstić information content (AvgIpc) is 2.34.